The van der Waals surface area contributed by atoms with Crippen LogP contribution < -0.4 is 9.46 Å². The quantitative estimate of drug-likeness (QED) is 0.553. The number of sulfonamides is 1. The molecule has 0 saturated carbocycles. The van der Waals surface area contributed by atoms with Crippen molar-refractivity contribution in [3.63, 3.8) is 0 Å². The van der Waals surface area contributed by atoms with Gasteiger partial charge in [-0.1, -0.05) is 18.2 Å². The maximum Gasteiger partial charge on any atom is 0.338 e. The second-order valence-corrected chi connectivity index (χ2v) is 9.46. The summed E-state index contributed by atoms with van der Waals surface area (Å²) in [6, 6.07) is 13.4. The van der Waals surface area contributed by atoms with E-state index >= 15 is 0 Å². The minimum absolute atomic E-state index is 0.0712. The Morgan fingerprint density at radius 1 is 1.13 bits per heavy atom. The molecule has 8 nitrogen and oxygen atoms in total. The second kappa shape index (κ2) is 8.91. The summed E-state index contributed by atoms with van der Waals surface area (Å²) >= 11 is 0. The number of oxazole rings is 1. The SMILES string of the molecule is COc1ccc(C(=O)OCc2coc(-c3ccccc3)n2)cc1S(=O)(=O)NC(C)(C)C. The van der Waals surface area contributed by atoms with Gasteiger partial charge in [0.15, 0.2) is 0 Å². The van der Waals surface area contributed by atoms with E-state index in [9.17, 15) is 13.2 Å². The van der Waals surface area contributed by atoms with E-state index in [4.69, 9.17) is 13.9 Å². The van der Waals surface area contributed by atoms with Crippen molar-refractivity contribution in [1.29, 1.82) is 0 Å². The molecule has 0 unspecified atom stereocenters. The first-order valence-corrected chi connectivity index (χ1v) is 11.0. The molecule has 1 aromatic heterocycles. The van der Waals surface area contributed by atoms with Gasteiger partial charge >= 0.3 is 5.97 Å². The van der Waals surface area contributed by atoms with E-state index in [0.29, 0.717) is 11.6 Å². The van der Waals surface area contributed by atoms with E-state index in [-0.39, 0.29) is 22.8 Å². The summed E-state index contributed by atoms with van der Waals surface area (Å²) in [5.41, 5.74) is 0.602. The summed E-state index contributed by atoms with van der Waals surface area (Å²) in [4.78, 5) is 16.7. The molecule has 0 aliphatic carbocycles. The molecule has 0 aliphatic rings. The van der Waals surface area contributed by atoms with Crippen LogP contribution in [0.1, 0.15) is 36.8 Å². The highest BCUT2D eigenvalue weighted by molar-refractivity contribution is 7.89. The number of rotatable bonds is 7. The molecular formula is C22H24N2O6S. The molecule has 31 heavy (non-hydrogen) atoms. The topological polar surface area (TPSA) is 108 Å². The van der Waals surface area contributed by atoms with Crippen molar-refractivity contribution in [2.45, 2.75) is 37.8 Å². The highest BCUT2D eigenvalue weighted by atomic mass is 32.2. The first-order valence-electron chi connectivity index (χ1n) is 9.48. The fraction of sp³-hybridized carbons (Fsp3) is 0.273. The molecule has 0 fully saturated rings. The first-order chi connectivity index (χ1) is 14.6. The largest absolute Gasteiger partial charge is 0.495 e. The first kappa shape index (κ1) is 22.5. The van der Waals surface area contributed by atoms with Gasteiger partial charge in [-0.25, -0.2) is 22.9 Å². The molecule has 3 aromatic rings. The van der Waals surface area contributed by atoms with E-state index in [1.165, 1.54) is 31.6 Å². The van der Waals surface area contributed by atoms with Crippen LogP contribution in [0.25, 0.3) is 11.5 Å². The van der Waals surface area contributed by atoms with Gasteiger partial charge in [0, 0.05) is 11.1 Å². The molecular weight excluding hydrogens is 420 g/mol. The smallest absolute Gasteiger partial charge is 0.338 e. The second-order valence-electron chi connectivity index (χ2n) is 7.81. The molecule has 0 spiro atoms. The third-order valence-electron chi connectivity index (χ3n) is 4.05. The van der Waals surface area contributed by atoms with Gasteiger partial charge in [0.25, 0.3) is 0 Å². The van der Waals surface area contributed by atoms with Crippen molar-refractivity contribution in [3.8, 4) is 17.2 Å². The Balaban J connectivity index is 1.76. The van der Waals surface area contributed by atoms with Crippen LogP contribution in [0.15, 0.2) is 64.1 Å². The molecule has 2 aromatic carbocycles. The van der Waals surface area contributed by atoms with Crippen molar-refractivity contribution in [1.82, 2.24) is 9.71 Å². The molecule has 3 rings (SSSR count). The van der Waals surface area contributed by atoms with Gasteiger partial charge in [0.2, 0.25) is 15.9 Å². The zero-order chi connectivity index (χ0) is 22.6. The van der Waals surface area contributed by atoms with Crippen LogP contribution in [0, 0.1) is 0 Å². The number of carbonyl (C=O) groups is 1. The Kier molecular flexibility index (Phi) is 6.47. The Labute approximate surface area is 181 Å². The van der Waals surface area contributed by atoms with Gasteiger partial charge in [-0.2, -0.15) is 0 Å². The van der Waals surface area contributed by atoms with Gasteiger partial charge < -0.3 is 13.9 Å². The van der Waals surface area contributed by atoms with Crippen LogP contribution in [0.2, 0.25) is 0 Å². The Hall–Kier alpha value is -3.17. The number of hydrogen-bond donors (Lipinski definition) is 1. The summed E-state index contributed by atoms with van der Waals surface area (Å²) < 4.78 is 43.9. The third kappa shape index (κ3) is 5.71. The Morgan fingerprint density at radius 2 is 1.84 bits per heavy atom. The Morgan fingerprint density at radius 3 is 2.48 bits per heavy atom. The molecule has 0 saturated heterocycles. The van der Waals surface area contributed by atoms with Gasteiger partial charge in [0.1, 0.15) is 29.2 Å². The lowest BCUT2D eigenvalue weighted by Gasteiger charge is -2.21. The molecule has 164 valence electrons. The zero-order valence-corrected chi connectivity index (χ0v) is 18.5. The number of methoxy groups -OCH3 is 1. The van der Waals surface area contributed by atoms with E-state index in [2.05, 4.69) is 9.71 Å². The molecule has 1 N–H and O–H groups in total. The average molecular weight is 445 g/mol. The van der Waals surface area contributed by atoms with Crippen molar-refractivity contribution in [3.05, 3.63) is 66.1 Å². The van der Waals surface area contributed by atoms with E-state index in [1.54, 1.807) is 20.8 Å². The van der Waals surface area contributed by atoms with Crippen molar-refractivity contribution in [2.75, 3.05) is 7.11 Å². The van der Waals surface area contributed by atoms with Crippen molar-refractivity contribution < 1.29 is 27.1 Å². The number of carbonyl (C=O) groups excluding carboxylic acids is 1. The van der Waals surface area contributed by atoms with Gasteiger partial charge in [-0.15, -0.1) is 0 Å². The summed E-state index contributed by atoms with van der Waals surface area (Å²) in [5, 5.41) is 0. The fourth-order valence-corrected chi connectivity index (χ4v) is 4.40. The number of nitrogens with one attached hydrogen (secondary N) is 1. The molecule has 0 amide bonds. The van der Waals surface area contributed by atoms with Crippen LogP contribution in [0.3, 0.4) is 0 Å². The van der Waals surface area contributed by atoms with E-state index < -0.39 is 21.5 Å². The van der Waals surface area contributed by atoms with Crippen molar-refractivity contribution >= 4 is 16.0 Å². The zero-order valence-electron chi connectivity index (χ0n) is 17.7. The summed E-state index contributed by atoms with van der Waals surface area (Å²) in [6.45, 7) is 5.04. The lowest BCUT2D eigenvalue weighted by molar-refractivity contribution is 0.0467. The van der Waals surface area contributed by atoms with Crippen LogP contribution in [0.5, 0.6) is 5.75 Å². The highest BCUT2D eigenvalue weighted by Crippen LogP contribution is 2.26. The monoisotopic (exact) mass is 444 g/mol. The number of esters is 1. The lowest BCUT2D eigenvalue weighted by atomic mass is 10.1. The molecule has 0 bridgehead atoms. The number of aromatic nitrogens is 1. The number of nitrogens with zero attached hydrogens (tertiary/aromatic N) is 1. The molecule has 0 aliphatic heterocycles. The van der Waals surface area contributed by atoms with Crippen LogP contribution >= 0.6 is 0 Å². The number of hydrogen-bond acceptors (Lipinski definition) is 7. The van der Waals surface area contributed by atoms with E-state index in [1.807, 2.05) is 30.3 Å². The van der Waals surface area contributed by atoms with Crippen LogP contribution in [-0.4, -0.2) is 32.0 Å². The van der Waals surface area contributed by atoms with Crippen LogP contribution in [0.4, 0.5) is 0 Å². The molecule has 1 heterocycles. The summed E-state index contributed by atoms with van der Waals surface area (Å²) in [6.07, 6.45) is 1.41. The maximum absolute atomic E-state index is 12.8. The number of benzene rings is 2. The molecule has 0 atom stereocenters. The van der Waals surface area contributed by atoms with Gasteiger partial charge in [-0.3, -0.25) is 0 Å². The highest BCUT2D eigenvalue weighted by Gasteiger charge is 2.26. The van der Waals surface area contributed by atoms with Crippen LogP contribution in [-0.2, 0) is 21.4 Å². The third-order valence-corrected chi connectivity index (χ3v) is 5.83. The Bertz CT molecular complexity index is 1160. The molecule has 9 heteroatoms. The maximum atomic E-state index is 12.8. The minimum Gasteiger partial charge on any atom is -0.495 e. The van der Waals surface area contributed by atoms with E-state index in [0.717, 1.165) is 5.56 Å². The molecule has 0 radical (unpaired) electrons. The van der Waals surface area contributed by atoms with Gasteiger partial charge in [-0.05, 0) is 51.1 Å². The number of ether oxygens (including phenoxy) is 2. The predicted octanol–water partition coefficient (Wildman–Crippen LogP) is 3.78. The predicted molar refractivity (Wildman–Crippen MR) is 114 cm³/mol. The summed E-state index contributed by atoms with van der Waals surface area (Å²) in [5.74, 6) is -0.158. The average Bonchev–Trinajstić information content (AvgIpc) is 3.19. The normalized spacial score (nSPS) is 11.9. The lowest BCUT2D eigenvalue weighted by Crippen LogP contribution is -2.40. The van der Waals surface area contributed by atoms with Gasteiger partial charge in [0.05, 0.1) is 12.7 Å². The minimum atomic E-state index is -3.92. The summed E-state index contributed by atoms with van der Waals surface area (Å²) in [7, 11) is -2.56. The standard InChI is InChI=1S/C22H24N2O6S/c1-22(2,3)24-31(26,27)19-12-16(10-11-18(19)28-4)21(25)30-14-17-13-29-20(23-17)15-8-6-5-7-9-15/h5-13,24H,14H2,1-4H3. The van der Waals surface area contributed by atoms with Crippen molar-refractivity contribution in [2.24, 2.45) is 0 Å². The fourth-order valence-electron chi connectivity index (χ4n) is 2.78.